The molecule has 0 aliphatic carbocycles. The fraction of sp³-hybridized carbons (Fsp3) is 0.267. The molecule has 94 valence electrons. The Morgan fingerprint density at radius 2 is 1.74 bits per heavy atom. The second-order valence-electron chi connectivity index (χ2n) is 3.78. The summed E-state index contributed by atoms with van der Waals surface area (Å²) in [4.78, 5) is 5.26. The molecule has 0 spiro atoms. The van der Waals surface area contributed by atoms with E-state index in [1.54, 1.807) is 18.2 Å². The van der Waals surface area contributed by atoms with E-state index in [0.29, 0.717) is 5.56 Å². The zero-order valence-corrected chi connectivity index (χ0v) is 11.0. The van der Waals surface area contributed by atoms with Crippen molar-refractivity contribution >= 4 is 11.3 Å². The van der Waals surface area contributed by atoms with Crippen LogP contribution in [-0.4, -0.2) is 13.1 Å². The van der Waals surface area contributed by atoms with Crippen LogP contribution < -0.4 is 4.90 Å². The molecule has 0 aliphatic rings. The van der Waals surface area contributed by atoms with Gasteiger partial charge >= 0.3 is 0 Å². The molecule has 0 saturated carbocycles. The van der Waals surface area contributed by atoms with Crippen molar-refractivity contribution in [2.75, 3.05) is 18.0 Å². The van der Waals surface area contributed by atoms with Crippen molar-refractivity contribution in [2.24, 2.45) is 0 Å². The minimum Gasteiger partial charge on any atom is -0.372 e. The molecule has 1 aromatic rings. The standard InChI is InChI=1S/C15H14N4/c1-4-19(5-2)13-8-6-12(7-9-13)14(10-16)15(11-17)18-3/h6-9H,4-5H2,1-2H3/b15-14-. The highest BCUT2D eigenvalue weighted by Gasteiger charge is 2.09. The normalized spacial score (nSPS) is 10.7. The molecule has 0 atom stereocenters. The van der Waals surface area contributed by atoms with Gasteiger partial charge in [0.1, 0.15) is 0 Å². The molecule has 0 heterocycles. The predicted octanol–water partition coefficient (Wildman–Crippen LogP) is 3.21. The van der Waals surface area contributed by atoms with E-state index < -0.39 is 0 Å². The number of hydrogen-bond donors (Lipinski definition) is 0. The topological polar surface area (TPSA) is 55.2 Å². The van der Waals surface area contributed by atoms with E-state index in [2.05, 4.69) is 23.6 Å². The van der Waals surface area contributed by atoms with Crippen LogP contribution in [0, 0.1) is 29.2 Å². The van der Waals surface area contributed by atoms with E-state index in [0.717, 1.165) is 18.8 Å². The van der Waals surface area contributed by atoms with Gasteiger partial charge in [-0.05, 0) is 31.5 Å². The van der Waals surface area contributed by atoms with Crippen LogP contribution in [0.5, 0.6) is 0 Å². The van der Waals surface area contributed by atoms with Crippen LogP contribution in [-0.2, 0) is 0 Å². The van der Waals surface area contributed by atoms with Crippen molar-refractivity contribution < 1.29 is 0 Å². The monoisotopic (exact) mass is 250 g/mol. The summed E-state index contributed by atoms with van der Waals surface area (Å²) in [6.45, 7) is 12.9. The molecular weight excluding hydrogens is 236 g/mol. The Morgan fingerprint density at radius 1 is 1.16 bits per heavy atom. The van der Waals surface area contributed by atoms with Crippen LogP contribution in [0.2, 0.25) is 0 Å². The minimum atomic E-state index is -0.168. The number of benzene rings is 1. The Kier molecular flexibility index (Phi) is 5.15. The van der Waals surface area contributed by atoms with Crippen LogP contribution in [0.3, 0.4) is 0 Å². The van der Waals surface area contributed by atoms with Gasteiger partial charge in [0.15, 0.2) is 0 Å². The van der Waals surface area contributed by atoms with Crippen LogP contribution in [0.4, 0.5) is 5.69 Å². The first kappa shape index (κ1) is 14.3. The molecule has 0 unspecified atom stereocenters. The molecule has 0 amide bonds. The number of allylic oxidation sites excluding steroid dienone is 2. The first-order chi connectivity index (χ1) is 9.21. The molecular formula is C15H14N4. The third kappa shape index (κ3) is 3.12. The van der Waals surface area contributed by atoms with Crippen LogP contribution in [0.25, 0.3) is 10.4 Å². The number of rotatable bonds is 4. The molecule has 0 aromatic heterocycles. The highest BCUT2D eigenvalue weighted by Crippen LogP contribution is 2.22. The molecule has 0 saturated heterocycles. The summed E-state index contributed by atoms with van der Waals surface area (Å²) in [7, 11) is 0. The predicted molar refractivity (Wildman–Crippen MR) is 74.8 cm³/mol. The first-order valence-corrected chi connectivity index (χ1v) is 5.99. The Hall–Kier alpha value is -2.77. The molecule has 0 bridgehead atoms. The largest absolute Gasteiger partial charge is 0.372 e. The van der Waals surface area contributed by atoms with Gasteiger partial charge in [-0.3, -0.25) is 0 Å². The summed E-state index contributed by atoms with van der Waals surface area (Å²) in [5, 5.41) is 17.9. The van der Waals surface area contributed by atoms with Crippen molar-refractivity contribution in [2.45, 2.75) is 13.8 Å². The summed E-state index contributed by atoms with van der Waals surface area (Å²) in [6, 6.07) is 11.0. The van der Waals surface area contributed by atoms with Gasteiger partial charge < -0.3 is 4.90 Å². The SMILES string of the molecule is [C-]#[N+]/C(C#N)=C(/C#N)c1ccc(N(CC)CC)cc1. The Balaban J connectivity index is 3.20. The third-order valence-corrected chi connectivity index (χ3v) is 2.85. The van der Waals surface area contributed by atoms with Crippen molar-refractivity contribution in [3.8, 4) is 12.1 Å². The first-order valence-electron chi connectivity index (χ1n) is 5.99. The van der Waals surface area contributed by atoms with Gasteiger partial charge in [-0.2, -0.15) is 5.26 Å². The van der Waals surface area contributed by atoms with Gasteiger partial charge in [0, 0.05) is 18.8 Å². The van der Waals surface area contributed by atoms with E-state index in [9.17, 15) is 0 Å². The summed E-state index contributed by atoms with van der Waals surface area (Å²) >= 11 is 0. The van der Waals surface area contributed by atoms with Crippen molar-refractivity contribution in [3.05, 3.63) is 46.9 Å². The molecule has 1 aromatic carbocycles. The summed E-state index contributed by atoms with van der Waals surface area (Å²) in [6.07, 6.45) is 0. The fourth-order valence-corrected chi connectivity index (χ4v) is 1.82. The van der Waals surface area contributed by atoms with Crippen molar-refractivity contribution in [1.82, 2.24) is 0 Å². The average Bonchev–Trinajstić information content (AvgIpc) is 2.47. The van der Waals surface area contributed by atoms with Crippen molar-refractivity contribution in [3.63, 3.8) is 0 Å². The second kappa shape index (κ2) is 6.84. The third-order valence-electron chi connectivity index (χ3n) is 2.85. The second-order valence-corrected chi connectivity index (χ2v) is 3.78. The van der Waals surface area contributed by atoms with Crippen molar-refractivity contribution in [1.29, 1.82) is 10.5 Å². The van der Waals surface area contributed by atoms with Gasteiger partial charge in [-0.1, -0.05) is 12.1 Å². The lowest BCUT2D eigenvalue weighted by Gasteiger charge is -2.21. The van der Waals surface area contributed by atoms with E-state index >= 15 is 0 Å². The Labute approximate surface area is 113 Å². The zero-order chi connectivity index (χ0) is 14.3. The fourth-order valence-electron chi connectivity index (χ4n) is 1.82. The molecule has 0 aliphatic heterocycles. The highest BCUT2D eigenvalue weighted by atomic mass is 15.1. The summed E-state index contributed by atoms with van der Waals surface area (Å²) < 4.78 is 0. The molecule has 4 nitrogen and oxygen atoms in total. The Morgan fingerprint density at radius 3 is 2.11 bits per heavy atom. The lowest BCUT2D eigenvalue weighted by atomic mass is 10.0. The highest BCUT2D eigenvalue weighted by molar-refractivity contribution is 5.83. The number of nitriles is 2. The number of anilines is 1. The summed E-state index contributed by atoms with van der Waals surface area (Å²) in [5.74, 6) is 0. The smallest absolute Gasteiger partial charge is 0.279 e. The molecule has 19 heavy (non-hydrogen) atoms. The van der Waals surface area contributed by atoms with Crippen LogP contribution in [0.15, 0.2) is 30.0 Å². The van der Waals surface area contributed by atoms with Crippen LogP contribution >= 0.6 is 0 Å². The summed E-state index contributed by atoms with van der Waals surface area (Å²) in [5.41, 5.74) is 1.63. The van der Waals surface area contributed by atoms with E-state index in [-0.39, 0.29) is 11.3 Å². The molecule has 0 fully saturated rings. The maximum absolute atomic E-state index is 9.07. The van der Waals surface area contributed by atoms with E-state index in [1.807, 2.05) is 18.2 Å². The van der Waals surface area contributed by atoms with Crippen LogP contribution in [0.1, 0.15) is 19.4 Å². The molecule has 4 heteroatoms. The van der Waals surface area contributed by atoms with Gasteiger partial charge in [0.05, 0.1) is 24.3 Å². The van der Waals surface area contributed by atoms with E-state index in [4.69, 9.17) is 17.1 Å². The van der Waals surface area contributed by atoms with Gasteiger partial charge in [-0.15, -0.1) is 0 Å². The number of nitrogens with zero attached hydrogens (tertiary/aromatic N) is 4. The van der Waals surface area contributed by atoms with Gasteiger partial charge in [0.25, 0.3) is 5.70 Å². The molecule has 0 radical (unpaired) electrons. The van der Waals surface area contributed by atoms with Gasteiger partial charge in [-0.25, -0.2) is 10.1 Å². The van der Waals surface area contributed by atoms with E-state index in [1.165, 1.54) is 0 Å². The zero-order valence-electron chi connectivity index (χ0n) is 11.0. The minimum absolute atomic E-state index is 0.128. The van der Waals surface area contributed by atoms with Gasteiger partial charge in [0.2, 0.25) is 0 Å². The average molecular weight is 250 g/mol. The quantitative estimate of drug-likeness (QED) is 0.609. The lowest BCUT2D eigenvalue weighted by Crippen LogP contribution is -2.21. The lowest BCUT2D eigenvalue weighted by molar-refractivity contribution is 0.866. The molecule has 1 rings (SSSR count). The maximum atomic E-state index is 9.07. The molecule has 0 N–H and O–H groups in total. The Bertz CT molecular complexity index is 571. The maximum Gasteiger partial charge on any atom is 0.279 e. The number of hydrogen-bond acceptors (Lipinski definition) is 3.